The van der Waals surface area contributed by atoms with Crippen LogP contribution in [-0.2, 0) is 6.54 Å². The van der Waals surface area contributed by atoms with E-state index in [0.29, 0.717) is 0 Å². The van der Waals surface area contributed by atoms with Crippen LogP contribution in [0.5, 0.6) is 0 Å². The Morgan fingerprint density at radius 2 is 1.94 bits per heavy atom. The molecule has 1 aliphatic heterocycles. The minimum absolute atomic E-state index is 0.900. The van der Waals surface area contributed by atoms with Crippen molar-refractivity contribution in [2.75, 3.05) is 13.1 Å². The summed E-state index contributed by atoms with van der Waals surface area (Å²) in [4.78, 5) is 1.77. The lowest BCUT2D eigenvalue weighted by Crippen LogP contribution is -3.13. The first-order valence-corrected chi connectivity index (χ1v) is 6.65. The molecule has 1 aliphatic rings. The standard InChI is InChI=1S/C15H23N/c1-3-14-9-13(2)10-16(11-14)12-15-7-5-4-6-8-15/h4-8,13-14H,3,9-12H2,1-2H3/p+1. The Morgan fingerprint density at radius 1 is 1.19 bits per heavy atom. The van der Waals surface area contributed by atoms with Crippen LogP contribution >= 0.6 is 0 Å². The fraction of sp³-hybridized carbons (Fsp3) is 0.600. The fourth-order valence-electron chi connectivity index (χ4n) is 3.06. The van der Waals surface area contributed by atoms with Crippen molar-refractivity contribution in [3.05, 3.63) is 35.9 Å². The van der Waals surface area contributed by atoms with E-state index in [1.807, 2.05) is 0 Å². The number of hydrogen-bond donors (Lipinski definition) is 1. The topological polar surface area (TPSA) is 4.44 Å². The van der Waals surface area contributed by atoms with Crippen LogP contribution in [-0.4, -0.2) is 13.1 Å². The highest BCUT2D eigenvalue weighted by Crippen LogP contribution is 2.16. The van der Waals surface area contributed by atoms with Gasteiger partial charge in [-0.2, -0.15) is 0 Å². The van der Waals surface area contributed by atoms with Gasteiger partial charge in [-0.25, -0.2) is 0 Å². The lowest BCUT2D eigenvalue weighted by Gasteiger charge is -2.33. The lowest BCUT2D eigenvalue weighted by atomic mass is 9.88. The van der Waals surface area contributed by atoms with E-state index < -0.39 is 0 Å². The van der Waals surface area contributed by atoms with Gasteiger partial charge in [0, 0.05) is 17.4 Å². The SMILES string of the molecule is CCC1CC(C)C[NH+](Cc2ccccc2)C1. The fourth-order valence-corrected chi connectivity index (χ4v) is 3.06. The third-order valence-electron chi connectivity index (χ3n) is 3.82. The quantitative estimate of drug-likeness (QED) is 0.793. The zero-order chi connectivity index (χ0) is 11.4. The maximum absolute atomic E-state index is 2.41. The Hall–Kier alpha value is -0.820. The number of rotatable bonds is 3. The monoisotopic (exact) mass is 218 g/mol. The Balaban J connectivity index is 1.94. The molecule has 1 saturated heterocycles. The van der Waals surface area contributed by atoms with E-state index in [1.165, 1.54) is 38.0 Å². The zero-order valence-electron chi connectivity index (χ0n) is 10.6. The Kier molecular flexibility index (Phi) is 4.00. The van der Waals surface area contributed by atoms with Crippen molar-refractivity contribution in [1.29, 1.82) is 0 Å². The molecule has 1 aromatic carbocycles. The summed E-state index contributed by atoms with van der Waals surface area (Å²) in [5, 5.41) is 0. The highest BCUT2D eigenvalue weighted by atomic mass is 15.1. The highest BCUT2D eigenvalue weighted by molar-refractivity contribution is 5.13. The molecule has 1 aromatic rings. The van der Waals surface area contributed by atoms with E-state index >= 15 is 0 Å². The van der Waals surface area contributed by atoms with Crippen LogP contribution in [0.4, 0.5) is 0 Å². The predicted molar refractivity (Wildman–Crippen MR) is 68.4 cm³/mol. The van der Waals surface area contributed by atoms with Gasteiger partial charge in [0.2, 0.25) is 0 Å². The van der Waals surface area contributed by atoms with Crippen LogP contribution in [0, 0.1) is 11.8 Å². The molecule has 0 aliphatic carbocycles. The van der Waals surface area contributed by atoms with E-state index in [0.717, 1.165) is 11.8 Å². The number of likely N-dealkylation sites (tertiary alicyclic amines) is 1. The van der Waals surface area contributed by atoms with Gasteiger partial charge >= 0.3 is 0 Å². The van der Waals surface area contributed by atoms with Crippen molar-refractivity contribution < 1.29 is 4.90 Å². The van der Waals surface area contributed by atoms with Crippen molar-refractivity contribution in [3.8, 4) is 0 Å². The third kappa shape index (κ3) is 3.08. The van der Waals surface area contributed by atoms with Crippen molar-refractivity contribution in [2.24, 2.45) is 11.8 Å². The molecule has 0 bridgehead atoms. The molecule has 1 N–H and O–H groups in total. The number of quaternary nitrogens is 1. The Bertz CT molecular complexity index is 306. The summed E-state index contributed by atoms with van der Waals surface area (Å²) in [5.74, 6) is 1.85. The second kappa shape index (κ2) is 5.49. The van der Waals surface area contributed by atoms with E-state index in [-0.39, 0.29) is 0 Å². The maximum Gasteiger partial charge on any atom is 0.103 e. The molecule has 3 unspecified atom stereocenters. The van der Waals surface area contributed by atoms with Gasteiger partial charge in [-0.05, 0) is 12.8 Å². The summed E-state index contributed by atoms with van der Waals surface area (Å²) in [5.41, 5.74) is 1.49. The van der Waals surface area contributed by atoms with Gasteiger partial charge < -0.3 is 4.90 Å². The molecule has 0 saturated carbocycles. The maximum atomic E-state index is 2.41. The first-order chi connectivity index (χ1) is 7.78. The first kappa shape index (κ1) is 11.7. The second-order valence-corrected chi connectivity index (χ2v) is 5.44. The van der Waals surface area contributed by atoms with Gasteiger partial charge in [0.05, 0.1) is 13.1 Å². The number of hydrogen-bond acceptors (Lipinski definition) is 0. The van der Waals surface area contributed by atoms with Crippen LogP contribution < -0.4 is 4.90 Å². The number of piperidine rings is 1. The lowest BCUT2D eigenvalue weighted by molar-refractivity contribution is -0.926. The molecule has 0 radical (unpaired) electrons. The Labute approximate surface area is 99.5 Å². The molecule has 0 aromatic heterocycles. The molecule has 88 valence electrons. The summed E-state index contributed by atoms with van der Waals surface area (Å²) in [6.45, 7) is 8.68. The van der Waals surface area contributed by atoms with E-state index in [4.69, 9.17) is 0 Å². The summed E-state index contributed by atoms with van der Waals surface area (Å²) in [6.07, 6.45) is 2.79. The van der Waals surface area contributed by atoms with E-state index in [9.17, 15) is 0 Å². The van der Waals surface area contributed by atoms with Crippen LogP contribution in [0.2, 0.25) is 0 Å². The first-order valence-electron chi connectivity index (χ1n) is 6.65. The normalized spacial score (nSPS) is 30.2. The summed E-state index contributed by atoms with van der Waals surface area (Å²) in [6, 6.07) is 10.9. The molecule has 1 nitrogen and oxygen atoms in total. The van der Waals surface area contributed by atoms with Crippen molar-refractivity contribution in [1.82, 2.24) is 0 Å². The summed E-state index contributed by atoms with van der Waals surface area (Å²) in [7, 11) is 0. The molecule has 1 heteroatoms. The van der Waals surface area contributed by atoms with Gasteiger partial charge in [0.25, 0.3) is 0 Å². The van der Waals surface area contributed by atoms with Gasteiger partial charge in [-0.15, -0.1) is 0 Å². The van der Waals surface area contributed by atoms with Gasteiger partial charge in [-0.1, -0.05) is 44.2 Å². The van der Waals surface area contributed by atoms with Crippen LogP contribution in [0.15, 0.2) is 30.3 Å². The minimum atomic E-state index is 0.900. The largest absolute Gasteiger partial charge is 0.331 e. The van der Waals surface area contributed by atoms with Crippen LogP contribution in [0.1, 0.15) is 32.3 Å². The molecule has 3 atom stereocenters. The molecule has 1 heterocycles. The smallest absolute Gasteiger partial charge is 0.103 e. The zero-order valence-corrected chi connectivity index (χ0v) is 10.6. The number of nitrogens with one attached hydrogen (secondary N) is 1. The van der Waals surface area contributed by atoms with E-state index in [1.54, 1.807) is 4.90 Å². The predicted octanol–water partition coefficient (Wildman–Crippen LogP) is 2.14. The van der Waals surface area contributed by atoms with Gasteiger partial charge in [-0.3, -0.25) is 0 Å². The average molecular weight is 218 g/mol. The molecule has 0 amide bonds. The second-order valence-electron chi connectivity index (χ2n) is 5.44. The molecular formula is C15H24N+. The van der Waals surface area contributed by atoms with E-state index in [2.05, 4.69) is 44.2 Å². The Morgan fingerprint density at radius 3 is 2.62 bits per heavy atom. The third-order valence-corrected chi connectivity index (χ3v) is 3.82. The minimum Gasteiger partial charge on any atom is -0.331 e. The van der Waals surface area contributed by atoms with Crippen LogP contribution in [0.25, 0.3) is 0 Å². The van der Waals surface area contributed by atoms with Crippen molar-refractivity contribution in [3.63, 3.8) is 0 Å². The molecule has 0 spiro atoms. The van der Waals surface area contributed by atoms with Crippen LogP contribution in [0.3, 0.4) is 0 Å². The average Bonchev–Trinajstić information content (AvgIpc) is 2.29. The summed E-state index contributed by atoms with van der Waals surface area (Å²) < 4.78 is 0. The van der Waals surface area contributed by atoms with Gasteiger partial charge in [0.15, 0.2) is 0 Å². The summed E-state index contributed by atoms with van der Waals surface area (Å²) >= 11 is 0. The highest BCUT2D eigenvalue weighted by Gasteiger charge is 2.26. The molecular weight excluding hydrogens is 194 g/mol. The molecule has 1 fully saturated rings. The van der Waals surface area contributed by atoms with Crippen molar-refractivity contribution in [2.45, 2.75) is 33.2 Å². The van der Waals surface area contributed by atoms with Crippen molar-refractivity contribution >= 4 is 0 Å². The molecule has 2 rings (SSSR count). The number of benzene rings is 1. The van der Waals surface area contributed by atoms with Gasteiger partial charge in [0.1, 0.15) is 6.54 Å². The molecule has 16 heavy (non-hydrogen) atoms.